The lowest BCUT2D eigenvalue weighted by atomic mass is 10.9. The summed E-state index contributed by atoms with van der Waals surface area (Å²) in [5.41, 5.74) is 0.576. The van der Waals surface area contributed by atoms with Crippen molar-refractivity contribution in [3.05, 3.63) is 0 Å². The van der Waals surface area contributed by atoms with Crippen molar-refractivity contribution >= 4 is 21.2 Å². The molecular formula is C12H30ClNO3Si. The van der Waals surface area contributed by atoms with E-state index in [1.807, 2.05) is 46.8 Å². The van der Waals surface area contributed by atoms with Gasteiger partial charge in [0.2, 0.25) is 0 Å². The Balaban J connectivity index is 0. The highest BCUT2D eigenvalue weighted by Crippen LogP contribution is 2.46. The minimum Gasteiger partial charge on any atom is -0.374 e. The lowest BCUT2D eigenvalue weighted by molar-refractivity contribution is 0.0695. The fourth-order valence-corrected chi connectivity index (χ4v) is 4.56. The summed E-state index contributed by atoms with van der Waals surface area (Å²) < 4.78 is 17.2. The van der Waals surface area contributed by atoms with E-state index in [4.69, 9.17) is 13.3 Å². The van der Waals surface area contributed by atoms with Crippen molar-refractivity contribution in [2.24, 2.45) is 0 Å². The van der Waals surface area contributed by atoms with Crippen LogP contribution in [0.3, 0.4) is 0 Å². The van der Waals surface area contributed by atoms with Gasteiger partial charge in [0, 0.05) is 25.4 Å². The topological polar surface area (TPSA) is 30.9 Å². The van der Waals surface area contributed by atoms with E-state index in [0.717, 1.165) is 0 Å². The van der Waals surface area contributed by atoms with Gasteiger partial charge >= 0.3 is 8.80 Å². The molecule has 0 aromatic rings. The van der Waals surface area contributed by atoms with Crippen LogP contribution in [0.2, 0.25) is 5.54 Å². The second-order valence-corrected chi connectivity index (χ2v) is 7.41. The molecule has 0 aromatic carbocycles. The zero-order valence-corrected chi connectivity index (χ0v) is 14.5. The van der Waals surface area contributed by atoms with E-state index in [0.29, 0.717) is 25.4 Å². The second kappa shape index (κ2) is 11.2. The van der Waals surface area contributed by atoms with E-state index in [2.05, 4.69) is 0 Å². The van der Waals surface area contributed by atoms with Gasteiger partial charge < -0.3 is 18.2 Å². The number of hydrogen-bond donors (Lipinski definition) is 0. The predicted octanol–water partition coefficient (Wildman–Crippen LogP) is 2.80. The Hall–Kier alpha value is 0.347. The lowest BCUT2D eigenvalue weighted by Crippen LogP contribution is -2.46. The monoisotopic (exact) mass is 299 g/mol. The van der Waals surface area contributed by atoms with E-state index in [-0.39, 0.29) is 12.4 Å². The highest BCUT2D eigenvalue weighted by Gasteiger charge is 2.54. The van der Waals surface area contributed by atoms with Gasteiger partial charge in [-0.05, 0) is 54.8 Å². The van der Waals surface area contributed by atoms with Crippen LogP contribution < -0.4 is 0 Å². The third-order valence-electron chi connectivity index (χ3n) is 2.11. The summed E-state index contributed by atoms with van der Waals surface area (Å²) in [6.07, 6.45) is 2.43. The van der Waals surface area contributed by atoms with Crippen molar-refractivity contribution in [2.75, 3.05) is 41.0 Å². The molecule has 0 aliphatic heterocycles. The van der Waals surface area contributed by atoms with Crippen molar-refractivity contribution in [3.63, 3.8) is 0 Å². The molecule has 0 aromatic heterocycles. The zero-order chi connectivity index (χ0) is 13.3. The first-order valence-corrected chi connectivity index (χ1v) is 8.35. The smallest absolute Gasteiger partial charge is 0.374 e. The molecule has 0 radical (unpaired) electrons. The molecule has 0 amide bonds. The standard InChI is InChI=1S/C9H20O3Si.C3H9N.ClH/c1-4-10-13(11-5-2,12-6-3)9-7-8-9;1-4(2)3;/h9H,4-8H2,1-3H3;1-3H3;1H. The maximum absolute atomic E-state index is 5.73. The van der Waals surface area contributed by atoms with Gasteiger partial charge in [-0.15, -0.1) is 12.4 Å². The van der Waals surface area contributed by atoms with Gasteiger partial charge in [0.1, 0.15) is 0 Å². The molecule has 0 heterocycles. The Morgan fingerprint density at radius 3 is 1.33 bits per heavy atom. The van der Waals surface area contributed by atoms with Crippen LogP contribution in [0.25, 0.3) is 0 Å². The molecule has 4 nitrogen and oxygen atoms in total. The average molecular weight is 300 g/mol. The highest BCUT2D eigenvalue weighted by molar-refractivity contribution is 6.63. The summed E-state index contributed by atoms with van der Waals surface area (Å²) in [7, 11) is 3.74. The van der Waals surface area contributed by atoms with Crippen molar-refractivity contribution in [1.82, 2.24) is 4.90 Å². The highest BCUT2D eigenvalue weighted by atomic mass is 35.5. The van der Waals surface area contributed by atoms with E-state index in [1.54, 1.807) is 0 Å². The quantitative estimate of drug-likeness (QED) is 0.677. The SMILES string of the molecule is CCO[Si](OCC)(OCC)C1CC1.CN(C)C.Cl. The predicted molar refractivity (Wildman–Crippen MR) is 80.5 cm³/mol. The minimum atomic E-state index is -2.26. The van der Waals surface area contributed by atoms with Crippen LogP contribution in [0.15, 0.2) is 0 Å². The van der Waals surface area contributed by atoms with Crippen molar-refractivity contribution < 1.29 is 13.3 Å². The molecule has 0 spiro atoms. The molecule has 0 saturated heterocycles. The first-order valence-electron chi connectivity index (χ1n) is 6.55. The molecule has 1 saturated carbocycles. The summed E-state index contributed by atoms with van der Waals surface area (Å²) in [6.45, 7) is 8.10. The van der Waals surface area contributed by atoms with Gasteiger partial charge in [0.05, 0.1) is 0 Å². The summed E-state index contributed by atoms with van der Waals surface area (Å²) >= 11 is 0. The maximum atomic E-state index is 5.73. The van der Waals surface area contributed by atoms with Crippen molar-refractivity contribution in [2.45, 2.75) is 39.2 Å². The number of rotatable bonds is 7. The first kappa shape index (κ1) is 20.7. The zero-order valence-electron chi connectivity index (χ0n) is 12.7. The van der Waals surface area contributed by atoms with E-state index < -0.39 is 8.80 Å². The molecule has 112 valence electrons. The second-order valence-electron chi connectivity index (χ2n) is 4.52. The van der Waals surface area contributed by atoms with Gasteiger partial charge in [-0.2, -0.15) is 0 Å². The number of halogens is 1. The molecule has 0 N–H and O–H groups in total. The molecule has 0 unspecified atom stereocenters. The van der Waals surface area contributed by atoms with Crippen LogP contribution in [0.5, 0.6) is 0 Å². The Morgan fingerprint density at radius 1 is 0.889 bits per heavy atom. The van der Waals surface area contributed by atoms with Crippen LogP contribution in [0.1, 0.15) is 33.6 Å². The van der Waals surface area contributed by atoms with Crippen LogP contribution >= 0.6 is 12.4 Å². The normalized spacial score (nSPS) is 14.8. The minimum absolute atomic E-state index is 0. The van der Waals surface area contributed by atoms with Crippen LogP contribution in [0.4, 0.5) is 0 Å². The number of hydrogen-bond acceptors (Lipinski definition) is 4. The maximum Gasteiger partial charge on any atom is 0.504 e. The van der Waals surface area contributed by atoms with E-state index >= 15 is 0 Å². The summed E-state index contributed by atoms with van der Waals surface area (Å²) in [5.74, 6) is 0. The molecule has 0 bridgehead atoms. The molecule has 1 rings (SSSR count). The summed E-state index contributed by atoms with van der Waals surface area (Å²) in [5, 5.41) is 0. The number of nitrogens with zero attached hydrogens (tertiary/aromatic N) is 1. The fraction of sp³-hybridized carbons (Fsp3) is 1.00. The van der Waals surface area contributed by atoms with E-state index in [9.17, 15) is 0 Å². The summed E-state index contributed by atoms with van der Waals surface area (Å²) in [4.78, 5) is 2.00. The Kier molecular flexibility index (Phi) is 12.9. The van der Waals surface area contributed by atoms with Crippen molar-refractivity contribution in [3.8, 4) is 0 Å². The Labute approximate surface area is 120 Å². The van der Waals surface area contributed by atoms with Crippen LogP contribution in [0, 0.1) is 0 Å². The van der Waals surface area contributed by atoms with Gasteiger partial charge in [0.15, 0.2) is 0 Å². The average Bonchev–Trinajstić information content (AvgIpc) is 3.01. The molecule has 6 heteroatoms. The fourth-order valence-electron chi connectivity index (χ4n) is 1.52. The molecule has 1 aliphatic carbocycles. The molecular weight excluding hydrogens is 270 g/mol. The molecule has 1 fully saturated rings. The van der Waals surface area contributed by atoms with Gasteiger partial charge in [0.25, 0.3) is 0 Å². The van der Waals surface area contributed by atoms with Crippen LogP contribution in [-0.2, 0) is 13.3 Å². The van der Waals surface area contributed by atoms with Crippen LogP contribution in [-0.4, -0.2) is 54.7 Å². The third-order valence-corrected chi connectivity index (χ3v) is 5.76. The van der Waals surface area contributed by atoms with Gasteiger partial charge in [-0.1, -0.05) is 0 Å². The lowest BCUT2D eigenvalue weighted by Gasteiger charge is -2.28. The molecule has 1 aliphatic rings. The van der Waals surface area contributed by atoms with Gasteiger partial charge in [-0.25, -0.2) is 0 Å². The Bertz CT molecular complexity index is 172. The van der Waals surface area contributed by atoms with E-state index in [1.165, 1.54) is 12.8 Å². The Morgan fingerprint density at radius 2 is 1.17 bits per heavy atom. The van der Waals surface area contributed by atoms with Gasteiger partial charge in [-0.3, -0.25) is 0 Å². The van der Waals surface area contributed by atoms with Crippen molar-refractivity contribution in [1.29, 1.82) is 0 Å². The molecule has 18 heavy (non-hydrogen) atoms. The first-order chi connectivity index (χ1) is 8.02. The largest absolute Gasteiger partial charge is 0.504 e. The molecule has 0 atom stereocenters. The summed E-state index contributed by atoms with van der Waals surface area (Å²) in [6, 6.07) is 0. The third kappa shape index (κ3) is 8.45.